The van der Waals surface area contributed by atoms with Gasteiger partial charge >= 0.3 is 0 Å². The van der Waals surface area contributed by atoms with E-state index in [-0.39, 0.29) is 29.8 Å². The van der Waals surface area contributed by atoms with Crippen LogP contribution in [0.4, 0.5) is 0 Å². The van der Waals surface area contributed by atoms with Crippen LogP contribution < -0.4 is 11.1 Å². The predicted octanol–water partition coefficient (Wildman–Crippen LogP) is 2.40. The maximum absolute atomic E-state index is 12.6. The summed E-state index contributed by atoms with van der Waals surface area (Å²) >= 11 is 0. The largest absolute Gasteiger partial charge is 0.380 e. The van der Waals surface area contributed by atoms with E-state index in [0.29, 0.717) is 26.2 Å². The van der Waals surface area contributed by atoms with Crippen LogP contribution in [-0.2, 0) is 27.4 Å². The first-order chi connectivity index (χ1) is 10.9. The van der Waals surface area contributed by atoms with Crippen LogP contribution in [0.1, 0.15) is 38.3 Å². The Balaban J connectivity index is 0.00000288. The van der Waals surface area contributed by atoms with E-state index < -0.39 is 5.54 Å². The van der Waals surface area contributed by atoms with Gasteiger partial charge < -0.3 is 20.5 Å². The van der Waals surface area contributed by atoms with Crippen molar-refractivity contribution in [3.8, 4) is 0 Å². The van der Waals surface area contributed by atoms with Gasteiger partial charge in [0.1, 0.15) is 5.54 Å². The molecule has 6 heteroatoms. The molecule has 0 aliphatic heterocycles. The fourth-order valence-electron chi connectivity index (χ4n) is 3.18. The lowest BCUT2D eigenvalue weighted by Crippen LogP contribution is -2.75. The summed E-state index contributed by atoms with van der Waals surface area (Å²) in [5, 5.41) is 2.98. The van der Waals surface area contributed by atoms with Crippen LogP contribution in [0, 0.1) is 5.41 Å². The van der Waals surface area contributed by atoms with E-state index in [1.807, 2.05) is 45.0 Å². The van der Waals surface area contributed by atoms with Crippen molar-refractivity contribution < 1.29 is 14.3 Å². The van der Waals surface area contributed by atoms with Crippen molar-refractivity contribution in [3.63, 3.8) is 0 Å². The highest BCUT2D eigenvalue weighted by Gasteiger charge is 2.62. The monoisotopic (exact) mass is 356 g/mol. The number of nitrogens with one attached hydrogen (secondary N) is 1. The van der Waals surface area contributed by atoms with E-state index in [1.165, 1.54) is 0 Å². The SMILES string of the molecule is CCOC1CC(N)(C(=O)NCc2ccccc2COC)C1(C)C.Cl. The van der Waals surface area contributed by atoms with Crippen molar-refractivity contribution in [2.45, 2.75) is 52.0 Å². The second kappa shape index (κ2) is 8.30. The number of methoxy groups -OCH3 is 1. The van der Waals surface area contributed by atoms with Gasteiger partial charge in [0, 0.05) is 32.1 Å². The van der Waals surface area contributed by atoms with Crippen LogP contribution in [-0.4, -0.2) is 31.3 Å². The van der Waals surface area contributed by atoms with Crippen LogP contribution in [0.2, 0.25) is 0 Å². The number of hydrogen-bond donors (Lipinski definition) is 2. The molecule has 0 saturated heterocycles. The Kier molecular flexibility index (Phi) is 7.23. The third-order valence-electron chi connectivity index (χ3n) is 5.09. The van der Waals surface area contributed by atoms with Gasteiger partial charge in [0.2, 0.25) is 5.91 Å². The molecule has 0 aromatic heterocycles. The van der Waals surface area contributed by atoms with E-state index in [2.05, 4.69) is 5.32 Å². The number of carbonyl (C=O) groups is 1. The van der Waals surface area contributed by atoms with E-state index in [4.69, 9.17) is 15.2 Å². The highest BCUT2D eigenvalue weighted by molar-refractivity contribution is 5.88. The number of ether oxygens (including phenoxy) is 2. The molecular weight excluding hydrogens is 328 g/mol. The van der Waals surface area contributed by atoms with Gasteiger partial charge in [0.05, 0.1) is 12.7 Å². The molecule has 136 valence electrons. The Morgan fingerprint density at radius 2 is 1.96 bits per heavy atom. The maximum atomic E-state index is 12.6. The first-order valence-corrected chi connectivity index (χ1v) is 8.11. The molecule has 1 aromatic rings. The molecule has 5 nitrogen and oxygen atoms in total. The van der Waals surface area contributed by atoms with Gasteiger partial charge in [0.25, 0.3) is 0 Å². The van der Waals surface area contributed by atoms with Crippen LogP contribution in [0.3, 0.4) is 0 Å². The Morgan fingerprint density at radius 3 is 2.50 bits per heavy atom. The third kappa shape index (κ3) is 3.75. The van der Waals surface area contributed by atoms with E-state index >= 15 is 0 Å². The van der Waals surface area contributed by atoms with Crippen LogP contribution in [0.15, 0.2) is 24.3 Å². The minimum absolute atomic E-state index is 0. The standard InChI is InChI=1S/C18H28N2O3.ClH/c1-5-23-15-10-18(19,17(15,2)3)16(21)20-11-13-8-6-7-9-14(13)12-22-4;/h6-9,15H,5,10-12,19H2,1-4H3,(H,20,21);1H. The molecule has 3 N–H and O–H groups in total. The zero-order chi connectivity index (χ0) is 17.1. The van der Waals surface area contributed by atoms with Gasteiger partial charge in [-0.2, -0.15) is 0 Å². The van der Waals surface area contributed by atoms with Crippen molar-refractivity contribution in [2.24, 2.45) is 11.1 Å². The molecule has 0 radical (unpaired) electrons. The van der Waals surface area contributed by atoms with Crippen molar-refractivity contribution in [1.29, 1.82) is 0 Å². The van der Waals surface area contributed by atoms with E-state index in [1.54, 1.807) is 7.11 Å². The lowest BCUT2D eigenvalue weighted by molar-refractivity contribution is -0.170. The van der Waals surface area contributed by atoms with Gasteiger partial charge in [-0.1, -0.05) is 38.1 Å². The molecule has 1 amide bonds. The maximum Gasteiger partial charge on any atom is 0.241 e. The average molecular weight is 357 g/mol. The second-order valence-corrected chi connectivity index (χ2v) is 6.73. The lowest BCUT2D eigenvalue weighted by atomic mass is 9.54. The van der Waals surface area contributed by atoms with Crippen molar-refractivity contribution in [2.75, 3.05) is 13.7 Å². The summed E-state index contributed by atoms with van der Waals surface area (Å²) in [4.78, 5) is 12.6. The molecule has 1 aromatic carbocycles. The quantitative estimate of drug-likeness (QED) is 0.786. The molecule has 1 aliphatic carbocycles. The second-order valence-electron chi connectivity index (χ2n) is 6.73. The first-order valence-electron chi connectivity index (χ1n) is 8.11. The molecule has 0 heterocycles. The van der Waals surface area contributed by atoms with E-state index in [0.717, 1.165) is 11.1 Å². The van der Waals surface area contributed by atoms with Gasteiger partial charge in [-0.25, -0.2) is 0 Å². The van der Waals surface area contributed by atoms with Crippen LogP contribution >= 0.6 is 12.4 Å². The van der Waals surface area contributed by atoms with Gasteiger partial charge in [0.15, 0.2) is 0 Å². The molecule has 2 unspecified atom stereocenters. The smallest absolute Gasteiger partial charge is 0.241 e. The molecule has 1 aliphatic rings. The third-order valence-corrected chi connectivity index (χ3v) is 5.09. The molecule has 0 bridgehead atoms. The van der Waals surface area contributed by atoms with Crippen LogP contribution in [0.25, 0.3) is 0 Å². The minimum atomic E-state index is -0.886. The summed E-state index contributed by atoms with van der Waals surface area (Å²) in [6, 6.07) is 7.91. The zero-order valence-electron chi connectivity index (χ0n) is 14.9. The van der Waals surface area contributed by atoms with Gasteiger partial charge in [-0.3, -0.25) is 4.79 Å². The molecule has 1 saturated carbocycles. The van der Waals surface area contributed by atoms with Crippen molar-refractivity contribution >= 4 is 18.3 Å². The summed E-state index contributed by atoms with van der Waals surface area (Å²) in [7, 11) is 1.66. The van der Waals surface area contributed by atoms with Crippen molar-refractivity contribution in [3.05, 3.63) is 35.4 Å². The molecule has 1 fully saturated rings. The van der Waals surface area contributed by atoms with Gasteiger partial charge in [-0.15, -0.1) is 12.4 Å². The normalized spacial score (nSPS) is 24.6. The molecular formula is C18H29ClN2O3. The summed E-state index contributed by atoms with van der Waals surface area (Å²) in [5.41, 5.74) is 7.24. The first kappa shape index (κ1) is 20.9. The number of benzene rings is 1. The Hall–Kier alpha value is -1.14. The van der Waals surface area contributed by atoms with Gasteiger partial charge in [-0.05, 0) is 18.1 Å². The minimum Gasteiger partial charge on any atom is -0.380 e. The fraction of sp³-hybridized carbons (Fsp3) is 0.611. The molecule has 2 rings (SSSR count). The highest BCUT2D eigenvalue weighted by atomic mass is 35.5. The number of rotatable bonds is 7. The molecule has 0 spiro atoms. The Labute approximate surface area is 150 Å². The summed E-state index contributed by atoms with van der Waals surface area (Å²) < 4.78 is 10.9. The number of halogens is 1. The highest BCUT2D eigenvalue weighted by Crippen LogP contribution is 2.49. The zero-order valence-corrected chi connectivity index (χ0v) is 15.7. The predicted molar refractivity (Wildman–Crippen MR) is 97.0 cm³/mol. The lowest BCUT2D eigenvalue weighted by Gasteiger charge is -2.57. The Bertz CT molecular complexity index is 565. The molecule has 2 atom stereocenters. The fourth-order valence-corrected chi connectivity index (χ4v) is 3.18. The van der Waals surface area contributed by atoms with Crippen LogP contribution in [0.5, 0.6) is 0 Å². The summed E-state index contributed by atoms with van der Waals surface area (Å²) in [6.45, 7) is 7.56. The number of hydrogen-bond acceptors (Lipinski definition) is 4. The number of carbonyl (C=O) groups excluding carboxylic acids is 1. The Morgan fingerprint density at radius 1 is 1.33 bits per heavy atom. The van der Waals surface area contributed by atoms with Crippen molar-refractivity contribution in [1.82, 2.24) is 5.32 Å². The number of nitrogens with two attached hydrogens (primary N) is 1. The summed E-state index contributed by atoms with van der Waals surface area (Å²) in [6.07, 6.45) is 0.586. The van der Waals surface area contributed by atoms with E-state index in [9.17, 15) is 4.79 Å². The topological polar surface area (TPSA) is 73.6 Å². The molecule has 24 heavy (non-hydrogen) atoms. The number of amides is 1. The average Bonchev–Trinajstić information content (AvgIpc) is 2.53. The summed E-state index contributed by atoms with van der Waals surface area (Å²) in [5.74, 6) is -0.120.